The molecule has 1 aliphatic rings. The molecule has 0 atom stereocenters. The topological polar surface area (TPSA) is 52.4 Å². The molecule has 0 amide bonds. The quantitative estimate of drug-likeness (QED) is 0.589. The van der Waals surface area contributed by atoms with Gasteiger partial charge in [-0.3, -0.25) is 10.1 Å². The molecule has 1 saturated heterocycles. The smallest absolute Gasteiger partial charge is 0.273 e. The van der Waals surface area contributed by atoms with Crippen molar-refractivity contribution in [2.45, 2.75) is 10.1 Å². The third-order valence-electron chi connectivity index (χ3n) is 1.98. The lowest BCUT2D eigenvalue weighted by molar-refractivity contribution is -0.385. The molecule has 1 fully saturated rings. The third-order valence-corrected chi connectivity index (χ3v) is 3.09. The minimum Gasteiger partial charge on any atom is -0.379 e. The molecular weight excluding hydrogens is 221 g/mol. The Morgan fingerprint density at radius 1 is 1.47 bits per heavy atom. The SMILES string of the molecule is O=[N+]([O-])c1cc(F)cc(SC2COC2)c1. The lowest BCUT2D eigenvalue weighted by Crippen LogP contribution is -2.30. The standard InChI is InChI=1S/C9H8FNO3S/c10-6-1-7(11(12)13)3-8(2-6)15-9-4-14-5-9/h1-3,9H,4-5H2. The fourth-order valence-electron chi connectivity index (χ4n) is 1.20. The first-order valence-corrected chi connectivity index (χ1v) is 5.22. The number of halogens is 1. The Morgan fingerprint density at radius 3 is 2.73 bits per heavy atom. The summed E-state index contributed by atoms with van der Waals surface area (Å²) in [5.74, 6) is -0.577. The molecule has 80 valence electrons. The normalized spacial score (nSPS) is 16.1. The van der Waals surface area contributed by atoms with Gasteiger partial charge in [-0.15, -0.1) is 11.8 Å². The minimum absolute atomic E-state index is 0.210. The first-order chi connectivity index (χ1) is 7.15. The van der Waals surface area contributed by atoms with Gasteiger partial charge >= 0.3 is 0 Å². The number of nitro groups is 1. The average Bonchev–Trinajstić information content (AvgIpc) is 2.10. The summed E-state index contributed by atoms with van der Waals surface area (Å²) in [6.07, 6.45) is 0. The lowest BCUT2D eigenvalue weighted by Gasteiger charge is -2.24. The molecule has 4 nitrogen and oxygen atoms in total. The Morgan fingerprint density at radius 2 is 2.20 bits per heavy atom. The van der Waals surface area contributed by atoms with Gasteiger partial charge in [0.1, 0.15) is 5.82 Å². The zero-order valence-electron chi connectivity index (χ0n) is 7.68. The van der Waals surface area contributed by atoms with Crippen molar-refractivity contribution in [1.29, 1.82) is 0 Å². The Bertz CT molecular complexity index is 395. The van der Waals surface area contributed by atoms with E-state index in [1.165, 1.54) is 23.9 Å². The van der Waals surface area contributed by atoms with Crippen molar-refractivity contribution < 1.29 is 14.1 Å². The van der Waals surface area contributed by atoms with Crippen molar-refractivity contribution in [3.63, 3.8) is 0 Å². The lowest BCUT2D eigenvalue weighted by atomic mass is 10.3. The summed E-state index contributed by atoms with van der Waals surface area (Å²) >= 11 is 1.41. The van der Waals surface area contributed by atoms with Crippen LogP contribution in [0.1, 0.15) is 0 Å². The van der Waals surface area contributed by atoms with Crippen molar-refractivity contribution in [2.75, 3.05) is 13.2 Å². The number of benzene rings is 1. The molecule has 0 aliphatic carbocycles. The van der Waals surface area contributed by atoms with Gasteiger partial charge in [0, 0.05) is 11.0 Å². The predicted molar refractivity (Wildman–Crippen MR) is 53.5 cm³/mol. The van der Waals surface area contributed by atoms with E-state index in [0.29, 0.717) is 18.1 Å². The van der Waals surface area contributed by atoms with Gasteiger partial charge in [-0.05, 0) is 6.07 Å². The molecule has 0 spiro atoms. The van der Waals surface area contributed by atoms with Crippen LogP contribution in [0.4, 0.5) is 10.1 Å². The third kappa shape index (κ3) is 2.45. The van der Waals surface area contributed by atoms with E-state index < -0.39 is 10.7 Å². The molecule has 0 radical (unpaired) electrons. The maximum Gasteiger partial charge on any atom is 0.273 e. The average molecular weight is 229 g/mol. The van der Waals surface area contributed by atoms with E-state index >= 15 is 0 Å². The van der Waals surface area contributed by atoms with Crippen LogP contribution < -0.4 is 0 Å². The number of ether oxygens (including phenoxy) is 1. The van der Waals surface area contributed by atoms with Crippen molar-refractivity contribution in [2.24, 2.45) is 0 Å². The first kappa shape index (κ1) is 10.4. The van der Waals surface area contributed by atoms with Gasteiger partial charge in [0.25, 0.3) is 5.69 Å². The monoisotopic (exact) mass is 229 g/mol. The highest BCUT2D eigenvalue weighted by Gasteiger charge is 2.21. The molecule has 0 N–H and O–H groups in total. The Balaban J connectivity index is 2.18. The van der Waals surface area contributed by atoms with Crippen molar-refractivity contribution in [3.05, 3.63) is 34.1 Å². The van der Waals surface area contributed by atoms with Crippen molar-refractivity contribution in [1.82, 2.24) is 0 Å². The molecule has 2 rings (SSSR count). The number of hydrogen-bond acceptors (Lipinski definition) is 4. The first-order valence-electron chi connectivity index (χ1n) is 4.34. The molecule has 1 aromatic rings. The highest BCUT2D eigenvalue weighted by atomic mass is 32.2. The minimum atomic E-state index is -0.593. The molecule has 1 aromatic carbocycles. The fourth-order valence-corrected chi connectivity index (χ4v) is 2.28. The van der Waals surface area contributed by atoms with E-state index in [1.54, 1.807) is 0 Å². The molecule has 0 saturated carbocycles. The second kappa shape index (κ2) is 4.16. The molecule has 6 heteroatoms. The summed E-state index contributed by atoms with van der Waals surface area (Å²) in [5, 5.41) is 10.8. The van der Waals surface area contributed by atoms with Gasteiger partial charge in [-0.2, -0.15) is 0 Å². The van der Waals surface area contributed by atoms with Crippen LogP contribution in [0.3, 0.4) is 0 Å². The van der Waals surface area contributed by atoms with Crippen molar-refractivity contribution >= 4 is 17.4 Å². The molecule has 15 heavy (non-hydrogen) atoms. The molecule has 1 aliphatic heterocycles. The van der Waals surface area contributed by atoms with E-state index in [9.17, 15) is 14.5 Å². The summed E-state index contributed by atoms with van der Waals surface area (Å²) in [6.45, 7) is 1.24. The maximum atomic E-state index is 13.0. The van der Waals surface area contributed by atoms with Crippen LogP contribution in [-0.2, 0) is 4.74 Å². The number of hydrogen-bond donors (Lipinski definition) is 0. The molecule has 1 heterocycles. The van der Waals surface area contributed by atoms with Crippen LogP contribution in [0.25, 0.3) is 0 Å². The van der Waals surface area contributed by atoms with Gasteiger partial charge in [0.2, 0.25) is 0 Å². The zero-order chi connectivity index (χ0) is 10.8. The predicted octanol–water partition coefficient (Wildman–Crippen LogP) is 2.22. The number of nitro benzene ring substituents is 1. The van der Waals surface area contributed by atoms with Gasteiger partial charge in [-0.25, -0.2) is 4.39 Å². The number of rotatable bonds is 3. The van der Waals surface area contributed by atoms with E-state index in [0.717, 1.165) is 6.07 Å². The number of thioether (sulfide) groups is 1. The van der Waals surface area contributed by atoms with E-state index in [2.05, 4.69) is 0 Å². The molecular formula is C9H8FNO3S. The van der Waals surface area contributed by atoms with Crippen LogP contribution in [0.2, 0.25) is 0 Å². The van der Waals surface area contributed by atoms with E-state index in [1.807, 2.05) is 0 Å². The highest BCUT2D eigenvalue weighted by Crippen LogP contribution is 2.30. The van der Waals surface area contributed by atoms with Gasteiger partial charge in [-0.1, -0.05) is 0 Å². The highest BCUT2D eigenvalue weighted by molar-refractivity contribution is 8.00. The van der Waals surface area contributed by atoms with Crippen LogP contribution in [0, 0.1) is 15.9 Å². The van der Waals surface area contributed by atoms with Crippen LogP contribution in [0.15, 0.2) is 23.1 Å². The van der Waals surface area contributed by atoms with Crippen LogP contribution in [0.5, 0.6) is 0 Å². The summed E-state index contributed by atoms with van der Waals surface area (Å²) in [4.78, 5) is 10.5. The second-order valence-electron chi connectivity index (χ2n) is 3.18. The second-order valence-corrected chi connectivity index (χ2v) is 4.55. The van der Waals surface area contributed by atoms with Gasteiger partial charge in [0.05, 0.1) is 29.5 Å². The van der Waals surface area contributed by atoms with Crippen LogP contribution in [-0.4, -0.2) is 23.4 Å². The Labute approximate surface area is 89.6 Å². The number of nitrogens with zero attached hydrogens (tertiary/aromatic N) is 1. The van der Waals surface area contributed by atoms with Gasteiger partial charge in [0.15, 0.2) is 0 Å². The fraction of sp³-hybridized carbons (Fsp3) is 0.333. The van der Waals surface area contributed by atoms with E-state index in [-0.39, 0.29) is 10.9 Å². The summed E-state index contributed by atoms with van der Waals surface area (Å²) < 4.78 is 18.0. The largest absolute Gasteiger partial charge is 0.379 e. The molecule has 0 bridgehead atoms. The Hall–Kier alpha value is -1.14. The van der Waals surface area contributed by atoms with Crippen LogP contribution >= 0.6 is 11.8 Å². The van der Waals surface area contributed by atoms with Gasteiger partial charge < -0.3 is 4.74 Å². The summed E-state index contributed by atoms with van der Waals surface area (Å²) in [7, 11) is 0. The summed E-state index contributed by atoms with van der Waals surface area (Å²) in [5.41, 5.74) is -0.210. The van der Waals surface area contributed by atoms with E-state index in [4.69, 9.17) is 4.74 Å². The summed E-state index contributed by atoms with van der Waals surface area (Å²) in [6, 6.07) is 3.60. The number of non-ortho nitro benzene ring substituents is 1. The maximum absolute atomic E-state index is 13.0. The molecule has 0 unspecified atom stereocenters. The van der Waals surface area contributed by atoms with Crippen molar-refractivity contribution in [3.8, 4) is 0 Å². The molecule has 0 aromatic heterocycles. The zero-order valence-corrected chi connectivity index (χ0v) is 8.50. The Kier molecular flexibility index (Phi) is 2.88.